The van der Waals surface area contributed by atoms with Gasteiger partial charge in [-0.25, -0.2) is 8.42 Å². The summed E-state index contributed by atoms with van der Waals surface area (Å²) < 4.78 is 35.2. The molecule has 2 aliphatic heterocycles. The zero-order chi connectivity index (χ0) is 22.2. The molecule has 2 aromatic rings. The van der Waals surface area contributed by atoms with Crippen molar-refractivity contribution in [2.24, 2.45) is 0 Å². The van der Waals surface area contributed by atoms with Crippen molar-refractivity contribution in [2.75, 3.05) is 33.3 Å². The monoisotopic (exact) mass is 479 g/mol. The average Bonchev–Trinajstić information content (AvgIpc) is 3.29. The van der Waals surface area contributed by atoms with E-state index >= 15 is 0 Å². The summed E-state index contributed by atoms with van der Waals surface area (Å²) in [6.07, 6.45) is 5.96. The molecule has 0 aliphatic carbocycles. The molecule has 1 N–H and O–H groups in total. The Kier molecular flexibility index (Phi) is 6.35. The Bertz CT molecular complexity index is 1170. The highest BCUT2D eigenvalue weighted by atomic mass is 35.5. The summed E-state index contributed by atoms with van der Waals surface area (Å²) in [6.45, 7) is 9.83. The van der Waals surface area contributed by atoms with Crippen LogP contribution in [0.2, 0.25) is 5.02 Å². The second-order valence-electron chi connectivity index (χ2n) is 7.70. The number of halogens is 1. The van der Waals surface area contributed by atoms with Crippen molar-refractivity contribution < 1.29 is 13.2 Å². The third kappa shape index (κ3) is 4.35. The quantitative estimate of drug-likeness (QED) is 0.478. The Morgan fingerprint density at radius 3 is 2.90 bits per heavy atom. The lowest BCUT2D eigenvalue weighted by Gasteiger charge is -2.37. The lowest BCUT2D eigenvalue weighted by Crippen LogP contribution is -2.46. The number of allylic oxidation sites excluding steroid dienone is 2. The Morgan fingerprint density at radius 2 is 2.16 bits per heavy atom. The average molecular weight is 480 g/mol. The third-order valence-corrected chi connectivity index (χ3v) is 9.33. The molecule has 0 amide bonds. The van der Waals surface area contributed by atoms with Crippen molar-refractivity contribution in [3.05, 3.63) is 65.2 Å². The summed E-state index contributed by atoms with van der Waals surface area (Å²) in [6, 6.07) is 5.84. The van der Waals surface area contributed by atoms with E-state index in [0.29, 0.717) is 22.4 Å². The van der Waals surface area contributed by atoms with Crippen LogP contribution in [0.1, 0.15) is 12.0 Å². The fourth-order valence-electron chi connectivity index (χ4n) is 4.32. The summed E-state index contributed by atoms with van der Waals surface area (Å²) in [7, 11) is -2.14. The molecular weight excluding hydrogens is 454 g/mol. The lowest BCUT2D eigenvalue weighted by molar-refractivity contribution is 0.165. The van der Waals surface area contributed by atoms with E-state index in [1.807, 2.05) is 6.07 Å². The van der Waals surface area contributed by atoms with Gasteiger partial charge in [-0.3, -0.25) is 9.62 Å². The van der Waals surface area contributed by atoms with Crippen molar-refractivity contribution in [2.45, 2.75) is 23.6 Å². The molecule has 4 rings (SSSR count). The maximum atomic E-state index is 12.9. The molecule has 2 saturated heterocycles. The Labute approximate surface area is 192 Å². The second kappa shape index (κ2) is 8.86. The van der Waals surface area contributed by atoms with Crippen LogP contribution >= 0.6 is 22.9 Å². The molecule has 2 fully saturated rings. The van der Waals surface area contributed by atoms with Crippen LogP contribution in [0, 0.1) is 6.92 Å². The van der Waals surface area contributed by atoms with Gasteiger partial charge in [-0.1, -0.05) is 18.2 Å². The number of benzene rings is 1. The van der Waals surface area contributed by atoms with Crippen molar-refractivity contribution in [3.63, 3.8) is 0 Å². The van der Waals surface area contributed by atoms with E-state index in [-0.39, 0.29) is 4.21 Å². The van der Waals surface area contributed by atoms with E-state index in [4.69, 9.17) is 16.3 Å². The first kappa shape index (κ1) is 22.2. The fourth-order valence-corrected chi connectivity index (χ4v) is 7.13. The molecule has 2 bridgehead atoms. The minimum Gasteiger partial charge on any atom is -0.495 e. The minimum atomic E-state index is -3.72. The van der Waals surface area contributed by atoms with Gasteiger partial charge in [-0.2, -0.15) is 0 Å². The van der Waals surface area contributed by atoms with Crippen LogP contribution in [-0.2, 0) is 14.8 Å². The minimum absolute atomic E-state index is 0.281. The highest BCUT2D eigenvalue weighted by Crippen LogP contribution is 2.35. The molecule has 31 heavy (non-hydrogen) atoms. The molecule has 0 saturated carbocycles. The molecule has 2 aliphatic rings. The summed E-state index contributed by atoms with van der Waals surface area (Å²) in [5.41, 5.74) is 1.58. The number of nitrogens with one attached hydrogen (secondary N) is 1. The van der Waals surface area contributed by atoms with E-state index in [2.05, 4.69) is 21.1 Å². The molecule has 2 atom stereocenters. The van der Waals surface area contributed by atoms with E-state index in [0.717, 1.165) is 48.4 Å². The molecule has 6 nitrogen and oxygen atoms in total. The topological polar surface area (TPSA) is 61.9 Å². The number of hydrogen-bond donors (Lipinski definition) is 1. The number of piperazine rings is 1. The number of sulfonamides is 1. The Hall–Kier alpha value is -2.00. The second-order valence-corrected chi connectivity index (χ2v) is 11.1. The molecule has 2 unspecified atom stereocenters. The van der Waals surface area contributed by atoms with Gasteiger partial charge in [0.2, 0.25) is 0 Å². The van der Waals surface area contributed by atoms with Gasteiger partial charge in [0.15, 0.2) is 0 Å². The van der Waals surface area contributed by atoms with E-state index in [1.165, 1.54) is 17.5 Å². The van der Waals surface area contributed by atoms with Crippen LogP contribution < -0.4 is 4.72 Å². The first-order valence-corrected chi connectivity index (χ1v) is 12.8. The van der Waals surface area contributed by atoms with Gasteiger partial charge in [0, 0.05) is 48.1 Å². The number of aryl methyl sites for hydroxylation is 1. The summed E-state index contributed by atoms with van der Waals surface area (Å²) in [5, 5.41) is 1.43. The van der Waals surface area contributed by atoms with E-state index < -0.39 is 10.0 Å². The first-order valence-electron chi connectivity index (χ1n) is 10.1. The summed E-state index contributed by atoms with van der Waals surface area (Å²) >= 11 is 7.30. The number of nitrogens with zero attached hydrogens (tertiary/aromatic N) is 2. The molecule has 1 aromatic heterocycles. The van der Waals surface area contributed by atoms with Crippen LogP contribution in [0.25, 0.3) is 10.1 Å². The van der Waals surface area contributed by atoms with Crippen LogP contribution in [-0.4, -0.2) is 57.5 Å². The summed E-state index contributed by atoms with van der Waals surface area (Å²) in [5.74, 6) is 0.581. The van der Waals surface area contributed by atoms with Gasteiger partial charge in [-0.05, 0) is 54.6 Å². The number of methoxy groups -OCH3 is 1. The largest absolute Gasteiger partial charge is 0.495 e. The van der Waals surface area contributed by atoms with Gasteiger partial charge in [0.1, 0.15) is 9.97 Å². The molecular formula is C22H26ClN3O3S2. The number of hydrogen-bond acceptors (Lipinski definition) is 6. The molecule has 0 spiro atoms. The van der Waals surface area contributed by atoms with E-state index in [1.54, 1.807) is 38.3 Å². The third-order valence-electron chi connectivity index (χ3n) is 5.88. The normalized spacial score (nSPS) is 22.1. The van der Waals surface area contributed by atoms with Crippen molar-refractivity contribution >= 4 is 43.0 Å². The Balaban J connectivity index is 1.57. The number of rotatable bonds is 7. The maximum Gasteiger partial charge on any atom is 0.271 e. The maximum absolute atomic E-state index is 12.9. The lowest BCUT2D eigenvalue weighted by atomic mass is 10.1. The van der Waals surface area contributed by atoms with Crippen molar-refractivity contribution in [1.29, 1.82) is 0 Å². The van der Waals surface area contributed by atoms with Gasteiger partial charge < -0.3 is 9.64 Å². The molecule has 3 heterocycles. The molecule has 0 radical (unpaired) electrons. The predicted octanol–water partition coefficient (Wildman–Crippen LogP) is 4.09. The smallest absolute Gasteiger partial charge is 0.271 e. The van der Waals surface area contributed by atoms with E-state index in [9.17, 15) is 8.42 Å². The molecule has 166 valence electrons. The number of thiophene rings is 1. The molecule has 9 heteroatoms. The van der Waals surface area contributed by atoms with Crippen LogP contribution in [0.15, 0.2) is 58.8 Å². The van der Waals surface area contributed by atoms with Gasteiger partial charge in [0.25, 0.3) is 10.0 Å². The number of fused-ring (bicyclic) bond motifs is 3. The highest BCUT2D eigenvalue weighted by molar-refractivity contribution is 7.92. The van der Waals surface area contributed by atoms with Crippen molar-refractivity contribution in [3.8, 4) is 0 Å². The van der Waals surface area contributed by atoms with Crippen LogP contribution in [0.4, 0.5) is 0 Å². The standard InChI is InChI=1S/C22H26ClN3O3S2/c1-4-19(26-12-11-25-10-8-17(26)14-25)20(29-3)7-9-24-31(27,28)22-15(2)18-13-16(23)5-6-21(18)30-22/h4-7,9,13,17,24H,1,8,10-12,14H2,2-3H3/b9-7-,20-19-. The zero-order valence-corrected chi connectivity index (χ0v) is 20.0. The van der Waals surface area contributed by atoms with Gasteiger partial charge in [0.05, 0.1) is 12.8 Å². The SMILES string of the molecule is C=C/C(=C(\C=C/NS(=O)(=O)c1sc2ccc(Cl)cc2c1C)OC)N1CCN2CCC1C2. The van der Waals surface area contributed by atoms with Gasteiger partial charge in [-0.15, -0.1) is 11.3 Å². The highest BCUT2D eigenvalue weighted by Gasteiger charge is 2.33. The zero-order valence-electron chi connectivity index (χ0n) is 17.6. The number of ether oxygens (including phenoxy) is 1. The van der Waals surface area contributed by atoms with Crippen LogP contribution in [0.5, 0.6) is 0 Å². The summed E-state index contributed by atoms with van der Waals surface area (Å²) in [4.78, 5) is 4.77. The Morgan fingerprint density at radius 1 is 1.35 bits per heavy atom. The van der Waals surface area contributed by atoms with Crippen LogP contribution in [0.3, 0.4) is 0 Å². The fraction of sp³-hybridized carbons (Fsp3) is 0.364. The predicted molar refractivity (Wildman–Crippen MR) is 127 cm³/mol. The first-order chi connectivity index (χ1) is 14.8. The molecule has 1 aromatic carbocycles. The van der Waals surface area contributed by atoms with Gasteiger partial charge >= 0.3 is 0 Å². The van der Waals surface area contributed by atoms with Crippen molar-refractivity contribution in [1.82, 2.24) is 14.5 Å².